The number of halogens is 3. The number of hydrogen-bond acceptors (Lipinski definition) is 3. The third-order valence-corrected chi connectivity index (χ3v) is 2.50. The highest BCUT2D eigenvalue weighted by atomic mass is 19.4. The third kappa shape index (κ3) is 4.44. The second-order valence-corrected chi connectivity index (χ2v) is 4.23. The molecule has 1 amide bonds. The lowest BCUT2D eigenvalue weighted by Crippen LogP contribution is -2.38. The quantitative estimate of drug-likeness (QED) is 0.778. The highest BCUT2D eigenvalue weighted by molar-refractivity contribution is 5.78. The summed E-state index contributed by atoms with van der Waals surface area (Å²) in [6.45, 7) is 1.49. The maximum absolute atomic E-state index is 12.6. The zero-order valence-electron chi connectivity index (χ0n) is 10.3. The van der Waals surface area contributed by atoms with Gasteiger partial charge in [-0.25, -0.2) is 0 Å². The van der Waals surface area contributed by atoms with E-state index in [2.05, 4.69) is 5.32 Å². The number of carbonyl (C=O) groups excluding carboxylic acids is 1. The highest BCUT2D eigenvalue weighted by Crippen LogP contribution is 2.36. The molecule has 7 heteroatoms. The van der Waals surface area contributed by atoms with Gasteiger partial charge in [0, 0.05) is 6.04 Å². The molecule has 4 N–H and O–H groups in total. The summed E-state index contributed by atoms with van der Waals surface area (Å²) in [5.74, 6) is -1.18. The largest absolute Gasteiger partial charge is 0.507 e. The fourth-order valence-corrected chi connectivity index (χ4v) is 1.68. The Morgan fingerprint density at radius 3 is 2.63 bits per heavy atom. The van der Waals surface area contributed by atoms with Crippen LogP contribution in [-0.2, 0) is 17.4 Å². The summed E-state index contributed by atoms with van der Waals surface area (Å²) in [7, 11) is 0. The predicted molar refractivity (Wildman–Crippen MR) is 63.5 cm³/mol. The molecule has 0 aliphatic rings. The minimum atomic E-state index is -4.61. The molecule has 19 heavy (non-hydrogen) atoms. The van der Waals surface area contributed by atoms with E-state index in [1.165, 1.54) is 6.07 Å². The van der Waals surface area contributed by atoms with Crippen LogP contribution in [0.25, 0.3) is 0 Å². The second-order valence-electron chi connectivity index (χ2n) is 4.23. The van der Waals surface area contributed by atoms with Crippen molar-refractivity contribution in [2.45, 2.75) is 25.6 Å². The fourth-order valence-electron chi connectivity index (χ4n) is 1.68. The van der Waals surface area contributed by atoms with E-state index in [0.717, 1.165) is 12.1 Å². The van der Waals surface area contributed by atoms with Gasteiger partial charge in [-0.05, 0) is 31.0 Å². The molecular formula is C12H15F3N2O2. The number of nitrogens with two attached hydrogens (primary N) is 1. The number of amides is 1. The smallest absolute Gasteiger partial charge is 0.419 e. The summed E-state index contributed by atoms with van der Waals surface area (Å²) < 4.78 is 37.8. The van der Waals surface area contributed by atoms with Crippen LogP contribution in [0.15, 0.2) is 18.2 Å². The van der Waals surface area contributed by atoms with Crippen molar-refractivity contribution in [3.05, 3.63) is 29.3 Å². The second kappa shape index (κ2) is 5.92. The molecule has 0 heterocycles. The molecule has 0 aromatic heterocycles. The van der Waals surface area contributed by atoms with Crippen LogP contribution in [0, 0.1) is 0 Å². The lowest BCUT2D eigenvalue weighted by atomic mass is 10.0. The number of phenolic OH excluding ortho intramolecular Hbond substituents is 1. The van der Waals surface area contributed by atoms with Gasteiger partial charge in [0.1, 0.15) is 5.75 Å². The lowest BCUT2D eigenvalue weighted by molar-refractivity contribution is -0.138. The maximum atomic E-state index is 12.6. The molecule has 1 aromatic carbocycles. The molecule has 1 rings (SSSR count). The van der Waals surface area contributed by atoms with Crippen LogP contribution in [-0.4, -0.2) is 23.6 Å². The molecule has 106 valence electrons. The molecule has 0 aliphatic heterocycles. The molecule has 0 unspecified atom stereocenters. The van der Waals surface area contributed by atoms with Gasteiger partial charge in [-0.1, -0.05) is 6.07 Å². The average Bonchev–Trinajstić information content (AvgIpc) is 2.29. The molecule has 0 radical (unpaired) electrons. The van der Waals surface area contributed by atoms with E-state index < -0.39 is 17.5 Å². The zero-order valence-corrected chi connectivity index (χ0v) is 10.3. The first-order valence-corrected chi connectivity index (χ1v) is 5.62. The number of aromatic hydroxyl groups is 1. The molecule has 0 saturated heterocycles. The van der Waals surface area contributed by atoms with Crippen molar-refractivity contribution in [2.24, 2.45) is 5.73 Å². The summed E-state index contributed by atoms with van der Waals surface area (Å²) in [6, 6.07) is 2.91. The summed E-state index contributed by atoms with van der Waals surface area (Å²) in [6.07, 6.45) is -4.39. The average molecular weight is 276 g/mol. The maximum Gasteiger partial charge on any atom is 0.419 e. The Labute approximate surface area is 108 Å². The number of hydrogen-bond donors (Lipinski definition) is 3. The number of rotatable bonds is 4. The number of benzene rings is 1. The Kier molecular flexibility index (Phi) is 4.77. The monoisotopic (exact) mass is 276 g/mol. The van der Waals surface area contributed by atoms with Gasteiger partial charge in [-0.3, -0.25) is 4.79 Å². The zero-order chi connectivity index (χ0) is 14.6. The van der Waals surface area contributed by atoms with Gasteiger partial charge in [0.15, 0.2) is 0 Å². The Morgan fingerprint density at radius 1 is 1.47 bits per heavy atom. The molecule has 1 aromatic rings. The van der Waals surface area contributed by atoms with E-state index in [-0.39, 0.29) is 24.9 Å². The minimum absolute atomic E-state index is 0.173. The van der Waals surface area contributed by atoms with Crippen molar-refractivity contribution in [2.75, 3.05) is 6.54 Å². The Hall–Kier alpha value is -1.76. The first kappa shape index (κ1) is 15.3. The lowest BCUT2D eigenvalue weighted by Gasteiger charge is -2.15. The predicted octanol–water partition coefficient (Wildman–Crippen LogP) is 1.42. The normalized spacial score (nSPS) is 13.1. The van der Waals surface area contributed by atoms with Crippen molar-refractivity contribution in [3.63, 3.8) is 0 Å². The first-order valence-electron chi connectivity index (χ1n) is 5.62. The van der Waals surface area contributed by atoms with E-state index >= 15 is 0 Å². The van der Waals surface area contributed by atoms with Crippen molar-refractivity contribution >= 4 is 5.91 Å². The van der Waals surface area contributed by atoms with Crippen LogP contribution in [0.3, 0.4) is 0 Å². The van der Waals surface area contributed by atoms with Gasteiger partial charge >= 0.3 is 6.18 Å². The summed E-state index contributed by atoms with van der Waals surface area (Å²) in [4.78, 5) is 11.0. The number of nitrogens with one attached hydrogen (secondary N) is 1. The van der Waals surface area contributed by atoms with Gasteiger partial charge in [-0.15, -0.1) is 0 Å². The topological polar surface area (TPSA) is 75.3 Å². The Morgan fingerprint density at radius 2 is 2.11 bits per heavy atom. The third-order valence-electron chi connectivity index (χ3n) is 2.50. The molecule has 0 fully saturated rings. The Bertz CT molecular complexity index is 461. The number of phenols is 1. The van der Waals surface area contributed by atoms with Crippen molar-refractivity contribution in [1.29, 1.82) is 0 Å². The summed E-state index contributed by atoms with van der Waals surface area (Å²) >= 11 is 0. The van der Waals surface area contributed by atoms with E-state index in [0.29, 0.717) is 5.56 Å². The fraction of sp³-hybridized carbons (Fsp3) is 0.417. The Balaban J connectivity index is 2.83. The van der Waals surface area contributed by atoms with Crippen molar-refractivity contribution < 1.29 is 23.1 Å². The molecule has 0 bridgehead atoms. The van der Waals surface area contributed by atoms with Crippen LogP contribution in [0.5, 0.6) is 5.75 Å². The van der Waals surface area contributed by atoms with E-state index in [4.69, 9.17) is 5.73 Å². The van der Waals surface area contributed by atoms with E-state index in [9.17, 15) is 23.1 Å². The van der Waals surface area contributed by atoms with Crippen molar-refractivity contribution in [3.8, 4) is 5.75 Å². The van der Waals surface area contributed by atoms with E-state index in [1.54, 1.807) is 6.92 Å². The molecular weight excluding hydrogens is 261 g/mol. The van der Waals surface area contributed by atoms with Crippen LogP contribution in [0.2, 0.25) is 0 Å². The summed E-state index contributed by atoms with van der Waals surface area (Å²) in [5, 5.41) is 11.7. The molecule has 0 aliphatic carbocycles. The summed E-state index contributed by atoms with van der Waals surface area (Å²) in [5.41, 5.74) is 4.41. The van der Waals surface area contributed by atoms with E-state index in [1.807, 2.05) is 0 Å². The van der Waals surface area contributed by atoms with Crippen LogP contribution < -0.4 is 11.1 Å². The molecule has 4 nitrogen and oxygen atoms in total. The SMILES string of the molecule is C[C@H](Cc1ccc(O)c(C(F)(F)F)c1)NC(=O)CN. The van der Waals surface area contributed by atoms with Gasteiger partial charge in [0.05, 0.1) is 12.1 Å². The minimum Gasteiger partial charge on any atom is -0.507 e. The van der Waals surface area contributed by atoms with Crippen molar-refractivity contribution in [1.82, 2.24) is 5.32 Å². The highest BCUT2D eigenvalue weighted by Gasteiger charge is 2.34. The molecule has 0 spiro atoms. The number of alkyl halides is 3. The molecule has 0 saturated carbocycles. The van der Waals surface area contributed by atoms with Crippen LogP contribution in [0.1, 0.15) is 18.1 Å². The van der Waals surface area contributed by atoms with Crippen LogP contribution >= 0.6 is 0 Å². The standard InChI is InChI=1S/C12H15F3N2O2/c1-7(17-11(19)6-16)4-8-2-3-10(18)9(5-8)12(13,14)15/h2-3,5,7,18H,4,6,16H2,1H3,(H,17,19)/t7-/m1/s1. The first-order chi connectivity index (χ1) is 8.74. The molecule has 1 atom stereocenters. The van der Waals surface area contributed by atoms with Gasteiger partial charge in [0.2, 0.25) is 5.91 Å². The van der Waals surface area contributed by atoms with Gasteiger partial charge < -0.3 is 16.2 Å². The van der Waals surface area contributed by atoms with Crippen LogP contribution in [0.4, 0.5) is 13.2 Å². The van der Waals surface area contributed by atoms with Gasteiger partial charge in [-0.2, -0.15) is 13.2 Å². The number of carbonyl (C=O) groups is 1. The van der Waals surface area contributed by atoms with Gasteiger partial charge in [0.25, 0.3) is 0 Å².